The molecule has 0 aliphatic heterocycles. The molecule has 0 aliphatic rings. The number of aliphatic hydroxyl groups excluding tert-OH is 2. The number of unbranched alkanes of at least 4 members (excludes halogenated alkanes) is 31. The van der Waals surface area contributed by atoms with Gasteiger partial charge in [-0.05, 0) is 51.4 Å². The summed E-state index contributed by atoms with van der Waals surface area (Å²) in [5, 5.41) is 19.3. The van der Waals surface area contributed by atoms with Gasteiger partial charge >= 0.3 is 19.8 Å². The number of aliphatic hydroxyl groups is 2. The summed E-state index contributed by atoms with van der Waals surface area (Å²) in [6.45, 7) is 2.14. The second kappa shape index (κ2) is 52.7. The number of phosphoric ester groups is 1. The van der Waals surface area contributed by atoms with Gasteiger partial charge in [0.25, 0.3) is 0 Å². The Kier molecular flexibility index (Phi) is 51.1. The summed E-state index contributed by atoms with van der Waals surface area (Å²) in [6, 6.07) is 0. The van der Waals surface area contributed by atoms with Gasteiger partial charge in [0.1, 0.15) is 12.2 Å². The normalized spacial score (nSPS) is 13.9. The molecule has 0 aromatic rings. The van der Waals surface area contributed by atoms with Gasteiger partial charge in [0.05, 0.1) is 26.4 Å². The number of carbonyl (C=O) groups excluding carboxylic acids is 2. The first kappa shape index (κ1) is 65.9. The quantitative estimate of drug-likeness (QED) is 0.0233. The molecular formula is C57H105O10P. The predicted octanol–water partition coefficient (Wildman–Crippen LogP) is 16.4. The number of phosphoric acid groups is 1. The van der Waals surface area contributed by atoms with Crippen molar-refractivity contribution < 1.29 is 47.8 Å². The largest absolute Gasteiger partial charge is 0.472 e. The molecule has 3 unspecified atom stereocenters. The molecule has 0 fully saturated rings. The molecule has 0 spiro atoms. The Morgan fingerprint density at radius 3 is 1.00 bits per heavy atom. The molecule has 0 rings (SSSR count). The van der Waals surface area contributed by atoms with Crippen LogP contribution in [0.15, 0.2) is 48.6 Å². The lowest BCUT2D eigenvalue weighted by Crippen LogP contribution is -2.28. The molecule has 0 radical (unpaired) electrons. The van der Waals surface area contributed by atoms with Crippen molar-refractivity contribution in [2.75, 3.05) is 26.4 Å². The highest BCUT2D eigenvalue weighted by Crippen LogP contribution is 2.43. The van der Waals surface area contributed by atoms with E-state index in [-0.39, 0.29) is 12.8 Å². The highest BCUT2D eigenvalue weighted by atomic mass is 31.2. The fourth-order valence-electron chi connectivity index (χ4n) is 8.05. The van der Waals surface area contributed by atoms with E-state index in [0.717, 1.165) is 70.6 Å². The third kappa shape index (κ3) is 50.3. The van der Waals surface area contributed by atoms with Gasteiger partial charge in [-0.2, -0.15) is 0 Å². The van der Waals surface area contributed by atoms with Gasteiger partial charge in [-0.15, -0.1) is 0 Å². The monoisotopic (exact) mass is 981 g/mol. The Labute approximate surface area is 417 Å². The minimum atomic E-state index is -4.65. The molecule has 0 saturated heterocycles. The SMILES string of the molecule is CC/C=C\C/C=C\C/C=C\C/C=C\CCCCCCCCCCC(=O)OC(CO)COP(=O)(O)OCC(CO)OC(=O)CCCCCCCCCCCCCCCCCCCCCCCCCC. The summed E-state index contributed by atoms with van der Waals surface area (Å²) in [5.41, 5.74) is 0. The van der Waals surface area contributed by atoms with Gasteiger partial charge < -0.3 is 24.6 Å². The van der Waals surface area contributed by atoms with Gasteiger partial charge in [0.15, 0.2) is 0 Å². The molecule has 0 heterocycles. The lowest BCUT2D eigenvalue weighted by molar-refractivity contribution is -0.153. The molecule has 10 nitrogen and oxygen atoms in total. The molecule has 0 amide bonds. The van der Waals surface area contributed by atoms with E-state index in [2.05, 4.69) is 62.5 Å². The van der Waals surface area contributed by atoms with Gasteiger partial charge in [0, 0.05) is 12.8 Å². The maximum absolute atomic E-state index is 12.4. The summed E-state index contributed by atoms with van der Waals surface area (Å²) in [5.74, 6) is -1.02. The lowest BCUT2D eigenvalue weighted by atomic mass is 10.0. The summed E-state index contributed by atoms with van der Waals surface area (Å²) in [7, 11) is -4.65. The van der Waals surface area contributed by atoms with Crippen molar-refractivity contribution in [1.82, 2.24) is 0 Å². The zero-order chi connectivity index (χ0) is 49.7. The first-order chi connectivity index (χ1) is 33.3. The van der Waals surface area contributed by atoms with Crippen LogP contribution in [0, 0.1) is 0 Å². The maximum Gasteiger partial charge on any atom is 0.472 e. The highest BCUT2D eigenvalue weighted by molar-refractivity contribution is 7.47. The molecule has 0 aromatic carbocycles. The lowest BCUT2D eigenvalue weighted by Gasteiger charge is -2.20. The van der Waals surface area contributed by atoms with E-state index < -0.39 is 58.4 Å². The second-order valence-electron chi connectivity index (χ2n) is 18.9. The van der Waals surface area contributed by atoms with Crippen LogP contribution in [-0.4, -0.2) is 65.7 Å². The van der Waals surface area contributed by atoms with E-state index >= 15 is 0 Å². The summed E-state index contributed by atoms with van der Waals surface area (Å²) >= 11 is 0. The van der Waals surface area contributed by atoms with Gasteiger partial charge in [-0.1, -0.05) is 249 Å². The summed E-state index contributed by atoms with van der Waals surface area (Å²) in [4.78, 5) is 34.8. The maximum atomic E-state index is 12.4. The van der Waals surface area contributed by atoms with Crippen LogP contribution >= 0.6 is 7.82 Å². The molecule has 398 valence electrons. The highest BCUT2D eigenvalue weighted by Gasteiger charge is 2.27. The molecule has 3 atom stereocenters. The third-order valence-corrected chi connectivity index (χ3v) is 13.3. The number of hydrogen-bond donors (Lipinski definition) is 3. The Morgan fingerprint density at radius 2 is 0.691 bits per heavy atom. The van der Waals surface area contributed by atoms with Gasteiger partial charge in [-0.3, -0.25) is 18.6 Å². The Bertz CT molecular complexity index is 1270. The zero-order valence-electron chi connectivity index (χ0n) is 43.8. The molecular weight excluding hydrogens is 876 g/mol. The van der Waals surface area contributed by atoms with Crippen LogP contribution in [0.4, 0.5) is 0 Å². The molecule has 11 heteroatoms. The first-order valence-electron chi connectivity index (χ1n) is 28.1. The van der Waals surface area contributed by atoms with Crippen molar-refractivity contribution in [3.8, 4) is 0 Å². The van der Waals surface area contributed by atoms with Crippen molar-refractivity contribution in [3.05, 3.63) is 48.6 Å². The van der Waals surface area contributed by atoms with E-state index in [1.165, 1.54) is 154 Å². The van der Waals surface area contributed by atoms with Crippen molar-refractivity contribution in [3.63, 3.8) is 0 Å². The standard InChI is InChI=1S/C57H105O10P/c1-3-5-7-9-11-13-15-17-19-21-23-25-26-27-29-31-33-35-37-39-41-43-45-47-49-57(61)67-55(51-59)53-65-68(62,63)64-52-54(50-58)66-56(60)48-46-44-42-40-38-36-34-32-30-28-24-22-20-18-16-14-12-10-8-6-4-2/h6,8,12,14,18,20,24,28,54-55,58-59H,3-5,7,9-11,13,15-17,19,21-23,25-27,29-53H2,1-2H3,(H,62,63)/b8-6-,14-12-,20-18-,28-24-. The van der Waals surface area contributed by atoms with Crippen molar-refractivity contribution in [2.45, 2.75) is 276 Å². The van der Waals surface area contributed by atoms with Crippen LogP contribution in [0.5, 0.6) is 0 Å². The topological polar surface area (TPSA) is 149 Å². The van der Waals surface area contributed by atoms with E-state index in [9.17, 15) is 29.3 Å². The fourth-order valence-corrected chi connectivity index (χ4v) is 8.83. The van der Waals surface area contributed by atoms with E-state index in [1.54, 1.807) is 0 Å². The molecule has 3 N–H and O–H groups in total. The Morgan fingerprint density at radius 1 is 0.412 bits per heavy atom. The van der Waals surface area contributed by atoms with Crippen molar-refractivity contribution >= 4 is 19.8 Å². The van der Waals surface area contributed by atoms with E-state index in [4.69, 9.17) is 18.5 Å². The third-order valence-electron chi connectivity index (χ3n) is 12.3. The first-order valence-corrected chi connectivity index (χ1v) is 29.6. The van der Waals surface area contributed by atoms with Crippen molar-refractivity contribution in [2.24, 2.45) is 0 Å². The van der Waals surface area contributed by atoms with Crippen LogP contribution in [0.3, 0.4) is 0 Å². The van der Waals surface area contributed by atoms with Crippen LogP contribution < -0.4 is 0 Å². The van der Waals surface area contributed by atoms with E-state index in [1.807, 2.05) is 0 Å². The molecule has 0 saturated carbocycles. The summed E-state index contributed by atoms with van der Waals surface area (Å²) < 4.78 is 32.8. The van der Waals surface area contributed by atoms with Crippen LogP contribution in [0.25, 0.3) is 0 Å². The number of carbonyl (C=O) groups is 2. The van der Waals surface area contributed by atoms with Gasteiger partial charge in [0.2, 0.25) is 0 Å². The number of ether oxygens (including phenoxy) is 2. The zero-order valence-corrected chi connectivity index (χ0v) is 44.7. The second-order valence-corrected chi connectivity index (χ2v) is 20.4. The molecule has 0 aliphatic carbocycles. The number of esters is 2. The Hall–Kier alpha value is -2.07. The number of allylic oxidation sites excluding steroid dienone is 8. The number of rotatable bonds is 53. The van der Waals surface area contributed by atoms with E-state index in [0.29, 0.717) is 12.8 Å². The van der Waals surface area contributed by atoms with Crippen LogP contribution in [-0.2, 0) is 32.7 Å². The molecule has 68 heavy (non-hydrogen) atoms. The van der Waals surface area contributed by atoms with Crippen LogP contribution in [0.2, 0.25) is 0 Å². The smallest absolute Gasteiger partial charge is 0.457 e. The minimum Gasteiger partial charge on any atom is -0.457 e. The minimum absolute atomic E-state index is 0.182. The Balaban J connectivity index is 3.78. The molecule has 0 bridgehead atoms. The van der Waals surface area contributed by atoms with Crippen LogP contribution in [0.1, 0.15) is 264 Å². The predicted molar refractivity (Wildman–Crippen MR) is 284 cm³/mol. The average molecular weight is 981 g/mol. The van der Waals surface area contributed by atoms with Crippen molar-refractivity contribution in [1.29, 1.82) is 0 Å². The number of hydrogen-bond acceptors (Lipinski definition) is 9. The molecule has 0 aromatic heterocycles. The average Bonchev–Trinajstić information content (AvgIpc) is 3.33. The van der Waals surface area contributed by atoms with Gasteiger partial charge in [-0.25, -0.2) is 4.57 Å². The fraction of sp³-hybridized carbons (Fsp3) is 0.825. The summed E-state index contributed by atoms with van der Waals surface area (Å²) in [6.07, 6.45) is 60.9.